The number of nitrogens with one attached hydrogen (secondary N) is 2. The number of carbonyl (C=O) groups is 2. The molecule has 1 aromatic heterocycles. The fraction of sp³-hybridized carbons (Fsp3) is 0.111. The molecule has 7 heteroatoms. The number of rotatable bonds is 3. The zero-order valence-electron chi connectivity index (χ0n) is 13.7. The van der Waals surface area contributed by atoms with Crippen LogP contribution < -0.4 is 15.8 Å². The van der Waals surface area contributed by atoms with Gasteiger partial charge in [-0.15, -0.1) is 0 Å². The molecule has 3 aromatic rings. The lowest BCUT2D eigenvalue weighted by Gasteiger charge is -2.15. The number of nitrogens with zero attached hydrogens (tertiary/aromatic N) is 2. The molecule has 3 rings (SSSR count). The van der Waals surface area contributed by atoms with E-state index in [9.17, 15) is 14.4 Å². The fourth-order valence-electron chi connectivity index (χ4n) is 2.43. The van der Waals surface area contributed by atoms with Gasteiger partial charge < -0.3 is 10.2 Å². The Bertz CT molecular complexity index is 1010. The van der Waals surface area contributed by atoms with Crippen molar-refractivity contribution in [2.45, 2.75) is 6.92 Å². The molecule has 0 aliphatic carbocycles. The van der Waals surface area contributed by atoms with Gasteiger partial charge in [0, 0.05) is 30.7 Å². The number of benzene rings is 2. The molecule has 2 amide bonds. The van der Waals surface area contributed by atoms with E-state index in [-0.39, 0.29) is 17.2 Å². The number of hydrogen-bond acceptors (Lipinski definition) is 4. The van der Waals surface area contributed by atoms with E-state index in [0.29, 0.717) is 16.5 Å². The van der Waals surface area contributed by atoms with Crippen LogP contribution in [0.3, 0.4) is 0 Å². The summed E-state index contributed by atoms with van der Waals surface area (Å²) in [5, 5.41) is 9.83. The third-order valence-corrected chi connectivity index (χ3v) is 3.90. The predicted molar refractivity (Wildman–Crippen MR) is 95.8 cm³/mol. The number of anilines is 2. The molecule has 0 aliphatic heterocycles. The number of aromatic nitrogens is 2. The average molecular weight is 336 g/mol. The SMILES string of the molecule is CC(=O)N(C)c1ccc(NC(=O)c2n[nH]c(=O)c3ccccc23)cc1. The van der Waals surface area contributed by atoms with Crippen molar-refractivity contribution in [3.05, 3.63) is 64.6 Å². The molecule has 25 heavy (non-hydrogen) atoms. The van der Waals surface area contributed by atoms with Crippen LogP contribution in [0.2, 0.25) is 0 Å². The van der Waals surface area contributed by atoms with Gasteiger partial charge in [-0.3, -0.25) is 14.4 Å². The van der Waals surface area contributed by atoms with E-state index in [0.717, 1.165) is 5.69 Å². The van der Waals surface area contributed by atoms with Gasteiger partial charge in [-0.1, -0.05) is 18.2 Å². The first-order valence-corrected chi connectivity index (χ1v) is 7.60. The summed E-state index contributed by atoms with van der Waals surface area (Å²) in [5.74, 6) is -0.513. The van der Waals surface area contributed by atoms with E-state index in [1.54, 1.807) is 55.6 Å². The van der Waals surface area contributed by atoms with Crippen LogP contribution >= 0.6 is 0 Å². The molecule has 0 radical (unpaired) electrons. The van der Waals surface area contributed by atoms with Gasteiger partial charge in [0.1, 0.15) is 0 Å². The Morgan fingerprint density at radius 3 is 2.32 bits per heavy atom. The first kappa shape index (κ1) is 16.4. The van der Waals surface area contributed by atoms with Gasteiger partial charge in [0.2, 0.25) is 5.91 Å². The molecule has 0 fully saturated rings. The maximum Gasteiger partial charge on any atom is 0.276 e. The van der Waals surface area contributed by atoms with E-state index in [2.05, 4.69) is 15.5 Å². The highest BCUT2D eigenvalue weighted by Crippen LogP contribution is 2.19. The van der Waals surface area contributed by atoms with Crippen molar-refractivity contribution in [3.63, 3.8) is 0 Å². The largest absolute Gasteiger partial charge is 0.321 e. The Labute approximate surface area is 143 Å². The van der Waals surface area contributed by atoms with Crippen LogP contribution in [0.5, 0.6) is 0 Å². The zero-order valence-corrected chi connectivity index (χ0v) is 13.7. The van der Waals surface area contributed by atoms with Crippen molar-refractivity contribution in [2.24, 2.45) is 0 Å². The van der Waals surface area contributed by atoms with Crippen molar-refractivity contribution in [1.29, 1.82) is 0 Å². The van der Waals surface area contributed by atoms with Gasteiger partial charge in [0.05, 0.1) is 5.39 Å². The molecular weight excluding hydrogens is 320 g/mol. The van der Waals surface area contributed by atoms with Crippen LogP contribution in [0, 0.1) is 0 Å². The lowest BCUT2D eigenvalue weighted by Crippen LogP contribution is -2.22. The van der Waals surface area contributed by atoms with Gasteiger partial charge in [-0.2, -0.15) is 5.10 Å². The Morgan fingerprint density at radius 1 is 1.04 bits per heavy atom. The Balaban J connectivity index is 1.87. The van der Waals surface area contributed by atoms with Crippen LogP contribution in [0.4, 0.5) is 11.4 Å². The molecule has 2 N–H and O–H groups in total. The van der Waals surface area contributed by atoms with Gasteiger partial charge in [-0.25, -0.2) is 5.10 Å². The second-order valence-electron chi connectivity index (χ2n) is 5.53. The van der Waals surface area contributed by atoms with Crippen molar-refractivity contribution in [1.82, 2.24) is 10.2 Å². The molecule has 0 saturated heterocycles. The lowest BCUT2D eigenvalue weighted by atomic mass is 10.1. The molecule has 0 unspecified atom stereocenters. The summed E-state index contributed by atoms with van der Waals surface area (Å²) >= 11 is 0. The van der Waals surface area contributed by atoms with Gasteiger partial charge in [0.15, 0.2) is 5.69 Å². The third-order valence-electron chi connectivity index (χ3n) is 3.90. The molecule has 0 bridgehead atoms. The summed E-state index contributed by atoms with van der Waals surface area (Å²) < 4.78 is 0. The summed E-state index contributed by atoms with van der Waals surface area (Å²) in [5.41, 5.74) is 1.07. The molecular formula is C18H16N4O3. The lowest BCUT2D eigenvalue weighted by molar-refractivity contribution is -0.116. The minimum Gasteiger partial charge on any atom is -0.321 e. The molecule has 1 heterocycles. The summed E-state index contributed by atoms with van der Waals surface area (Å²) in [6, 6.07) is 13.6. The Morgan fingerprint density at radius 2 is 1.68 bits per heavy atom. The highest BCUT2D eigenvalue weighted by Gasteiger charge is 2.14. The van der Waals surface area contributed by atoms with Crippen molar-refractivity contribution in [3.8, 4) is 0 Å². The first-order valence-electron chi connectivity index (χ1n) is 7.60. The summed E-state index contributed by atoms with van der Waals surface area (Å²) in [6.07, 6.45) is 0. The molecule has 2 aromatic carbocycles. The molecule has 0 aliphatic rings. The Kier molecular flexibility index (Phi) is 4.30. The number of fused-ring (bicyclic) bond motifs is 1. The van der Waals surface area contributed by atoms with Crippen LogP contribution in [0.15, 0.2) is 53.3 Å². The third kappa shape index (κ3) is 3.25. The summed E-state index contributed by atoms with van der Waals surface area (Å²) in [6.45, 7) is 1.47. The minimum absolute atomic E-state index is 0.0827. The van der Waals surface area contributed by atoms with Crippen LogP contribution in [0.25, 0.3) is 10.8 Å². The van der Waals surface area contributed by atoms with Crippen LogP contribution in [-0.2, 0) is 4.79 Å². The summed E-state index contributed by atoms with van der Waals surface area (Å²) in [4.78, 5) is 37.2. The zero-order chi connectivity index (χ0) is 18.0. The van der Waals surface area contributed by atoms with Gasteiger partial charge >= 0.3 is 0 Å². The predicted octanol–water partition coefficient (Wildman–Crippen LogP) is 2.16. The number of amides is 2. The first-order chi connectivity index (χ1) is 12.0. The number of aromatic amines is 1. The van der Waals surface area contributed by atoms with E-state index >= 15 is 0 Å². The highest BCUT2D eigenvalue weighted by molar-refractivity contribution is 6.11. The Hall–Kier alpha value is -3.48. The monoisotopic (exact) mass is 336 g/mol. The summed E-state index contributed by atoms with van der Waals surface area (Å²) in [7, 11) is 1.67. The average Bonchev–Trinajstić information content (AvgIpc) is 2.62. The van der Waals surface area contributed by atoms with E-state index in [4.69, 9.17) is 0 Å². The topological polar surface area (TPSA) is 95.2 Å². The highest BCUT2D eigenvalue weighted by atomic mass is 16.2. The number of H-pyrrole nitrogens is 1. The number of hydrogen-bond donors (Lipinski definition) is 2. The van der Waals surface area contributed by atoms with E-state index in [1.165, 1.54) is 11.8 Å². The molecule has 0 saturated carbocycles. The smallest absolute Gasteiger partial charge is 0.276 e. The molecule has 0 atom stereocenters. The van der Waals surface area contributed by atoms with Crippen molar-refractivity contribution >= 4 is 34.0 Å². The minimum atomic E-state index is -0.430. The van der Waals surface area contributed by atoms with Gasteiger partial charge in [0.25, 0.3) is 11.5 Å². The van der Waals surface area contributed by atoms with Gasteiger partial charge in [-0.05, 0) is 30.3 Å². The second-order valence-corrected chi connectivity index (χ2v) is 5.53. The maximum absolute atomic E-state index is 12.5. The fourth-order valence-corrected chi connectivity index (χ4v) is 2.43. The maximum atomic E-state index is 12.5. The van der Waals surface area contributed by atoms with Crippen LogP contribution in [0.1, 0.15) is 17.4 Å². The van der Waals surface area contributed by atoms with Crippen LogP contribution in [-0.4, -0.2) is 29.1 Å². The molecule has 7 nitrogen and oxygen atoms in total. The van der Waals surface area contributed by atoms with Crippen molar-refractivity contribution < 1.29 is 9.59 Å². The molecule has 126 valence electrons. The molecule has 0 spiro atoms. The normalized spacial score (nSPS) is 10.5. The number of carbonyl (C=O) groups excluding carboxylic acids is 2. The standard InChI is InChI=1S/C18H16N4O3/c1-11(23)22(2)13-9-7-12(8-10-13)19-18(25)16-14-5-3-4-6-15(14)17(24)21-20-16/h3-10H,1-2H3,(H,19,25)(H,21,24). The van der Waals surface area contributed by atoms with E-state index < -0.39 is 5.91 Å². The van der Waals surface area contributed by atoms with E-state index in [1.807, 2.05) is 0 Å². The van der Waals surface area contributed by atoms with Crippen molar-refractivity contribution in [2.75, 3.05) is 17.3 Å². The second kappa shape index (κ2) is 6.56. The quantitative estimate of drug-likeness (QED) is 0.766.